The number of nitriles is 1. The Morgan fingerprint density at radius 3 is 2.53 bits per heavy atom. The normalized spacial score (nSPS) is 17.9. The number of pyridine rings is 1. The SMILES string of the molecule is CCc1cc2c(=O)c3c4ccc(C#N)cc4[nH]c3n(C3CCCC3)c2cc1N1CCN(C)CC1. The van der Waals surface area contributed by atoms with Crippen molar-refractivity contribution in [2.24, 2.45) is 0 Å². The molecule has 2 aliphatic rings. The highest BCUT2D eigenvalue weighted by Crippen LogP contribution is 2.38. The fourth-order valence-corrected chi connectivity index (χ4v) is 6.09. The summed E-state index contributed by atoms with van der Waals surface area (Å²) in [6.45, 7) is 6.31. The fraction of sp³-hybridized carbons (Fsp3) is 0.429. The average Bonchev–Trinajstić information content (AvgIpc) is 3.52. The predicted molar refractivity (Wildman–Crippen MR) is 139 cm³/mol. The maximum absolute atomic E-state index is 14.0. The van der Waals surface area contributed by atoms with Gasteiger partial charge >= 0.3 is 0 Å². The first kappa shape index (κ1) is 21.2. The fourth-order valence-electron chi connectivity index (χ4n) is 6.09. The molecule has 1 aliphatic heterocycles. The van der Waals surface area contributed by atoms with E-state index in [1.54, 1.807) is 0 Å². The molecule has 1 N–H and O–H groups in total. The largest absolute Gasteiger partial charge is 0.369 e. The molecule has 3 heterocycles. The first-order valence-electron chi connectivity index (χ1n) is 12.6. The van der Waals surface area contributed by atoms with Gasteiger partial charge in [0.1, 0.15) is 5.65 Å². The number of H-pyrrole nitrogens is 1. The minimum atomic E-state index is 0.0924. The number of hydrogen-bond donors (Lipinski definition) is 1. The van der Waals surface area contributed by atoms with Crippen LogP contribution in [0.5, 0.6) is 0 Å². The summed E-state index contributed by atoms with van der Waals surface area (Å²) in [5.74, 6) is 0. The van der Waals surface area contributed by atoms with Gasteiger partial charge in [-0.2, -0.15) is 5.26 Å². The molecular weight excluding hydrogens is 422 g/mol. The molecule has 0 unspecified atom stereocenters. The highest BCUT2D eigenvalue weighted by atomic mass is 16.1. The van der Waals surface area contributed by atoms with E-state index in [-0.39, 0.29) is 5.43 Å². The lowest BCUT2D eigenvalue weighted by atomic mass is 10.0. The van der Waals surface area contributed by atoms with Gasteiger partial charge in [0.2, 0.25) is 0 Å². The van der Waals surface area contributed by atoms with Crippen molar-refractivity contribution in [3.05, 3.63) is 51.7 Å². The van der Waals surface area contributed by atoms with Crippen molar-refractivity contribution in [2.75, 3.05) is 38.1 Å². The minimum absolute atomic E-state index is 0.0924. The number of piperazine rings is 1. The van der Waals surface area contributed by atoms with Crippen LogP contribution in [0.4, 0.5) is 5.69 Å². The lowest BCUT2D eigenvalue weighted by molar-refractivity contribution is 0.312. The zero-order chi connectivity index (χ0) is 23.4. The molecule has 6 rings (SSSR count). The lowest BCUT2D eigenvalue weighted by Gasteiger charge is -2.35. The van der Waals surface area contributed by atoms with Crippen molar-refractivity contribution in [1.29, 1.82) is 5.26 Å². The molecule has 174 valence electrons. The van der Waals surface area contributed by atoms with Crippen LogP contribution in [0.3, 0.4) is 0 Å². The second-order valence-corrected chi connectivity index (χ2v) is 10.0. The number of benzene rings is 2. The van der Waals surface area contributed by atoms with Crippen molar-refractivity contribution in [1.82, 2.24) is 14.5 Å². The second-order valence-electron chi connectivity index (χ2n) is 10.0. The molecule has 0 radical (unpaired) electrons. The van der Waals surface area contributed by atoms with Gasteiger partial charge in [-0.3, -0.25) is 4.79 Å². The molecule has 1 saturated carbocycles. The van der Waals surface area contributed by atoms with E-state index in [0.717, 1.165) is 78.3 Å². The van der Waals surface area contributed by atoms with E-state index < -0.39 is 0 Å². The van der Waals surface area contributed by atoms with Crippen LogP contribution in [0.25, 0.3) is 32.8 Å². The molecule has 0 bridgehead atoms. The van der Waals surface area contributed by atoms with Gasteiger partial charge in [0.15, 0.2) is 5.43 Å². The number of anilines is 1. The number of likely N-dealkylation sites (N-methyl/N-ethyl adjacent to an activating group) is 1. The molecular formula is C28H31N5O. The van der Waals surface area contributed by atoms with Crippen LogP contribution < -0.4 is 10.3 Å². The van der Waals surface area contributed by atoms with E-state index in [0.29, 0.717) is 11.6 Å². The Morgan fingerprint density at radius 1 is 1.06 bits per heavy atom. The zero-order valence-corrected chi connectivity index (χ0v) is 20.0. The van der Waals surface area contributed by atoms with Crippen LogP contribution >= 0.6 is 0 Å². The van der Waals surface area contributed by atoms with E-state index in [1.807, 2.05) is 18.2 Å². The van der Waals surface area contributed by atoms with Crippen LogP contribution in [0.2, 0.25) is 0 Å². The molecule has 0 atom stereocenters. The maximum Gasteiger partial charge on any atom is 0.199 e. The number of hydrogen-bond acceptors (Lipinski definition) is 4. The summed E-state index contributed by atoms with van der Waals surface area (Å²) in [5.41, 5.74) is 6.03. The highest BCUT2D eigenvalue weighted by Gasteiger charge is 2.26. The maximum atomic E-state index is 14.0. The predicted octanol–water partition coefficient (Wildman–Crippen LogP) is 4.94. The third-order valence-corrected chi connectivity index (χ3v) is 7.99. The first-order chi connectivity index (χ1) is 16.6. The van der Waals surface area contributed by atoms with Crippen LogP contribution in [0.1, 0.15) is 49.8 Å². The standard InChI is InChI=1S/C28H31N5O/c1-3-19-15-22-25(16-24(19)32-12-10-31(2)11-13-32)33(20-6-4-5-7-20)28-26(27(22)34)21-9-8-18(17-29)14-23(21)30-28/h8-9,14-16,20,30H,3-7,10-13H2,1-2H3. The Kier molecular flexibility index (Phi) is 5.11. The van der Waals surface area contributed by atoms with E-state index in [1.165, 1.54) is 24.1 Å². The molecule has 6 nitrogen and oxygen atoms in total. The number of fused-ring (bicyclic) bond motifs is 4. The summed E-state index contributed by atoms with van der Waals surface area (Å²) in [6.07, 6.45) is 5.60. The minimum Gasteiger partial charge on any atom is -0.369 e. The number of aromatic nitrogens is 2. The van der Waals surface area contributed by atoms with Gasteiger partial charge in [0.25, 0.3) is 0 Å². The Morgan fingerprint density at radius 2 is 1.82 bits per heavy atom. The molecule has 34 heavy (non-hydrogen) atoms. The topological polar surface area (TPSA) is 68.1 Å². The van der Waals surface area contributed by atoms with Crippen molar-refractivity contribution in [3.63, 3.8) is 0 Å². The van der Waals surface area contributed by atoms with Crippen LogP contribution in [-0.2, 0) is 6.42 Å². The Bertz CT molecular complexity index is 1510. The van der Waals surface area contributed by atoms with E-state index in [9.17, 15) is 10.1 Å². The molecule has 4 aromatic rings. The van der Waals surface area contributed by atoms with Crippen molar-refractivity contribution in [2.45, 2.75) is 45.1 Å². The van der Waals surface area contributed by atoms with Crippen LogP contribution in [-0.4, -0.2) is 47.7 Å². The van der Waals surface area contributed by atoms with Crippen molar-refractivity contribution < 1.29 is 0 Å². The van der Waals surface area contributed by atoms with Gasteiger partial charge in [-0.25, -0.2) is 0 Å². The number of nitrogens with zero attached hydrogens (tertiary/aromatic N) is 4. The van der Waals surface area contributed by atoms with Gasteiger partial charge in [0.05, 0.1) is 22.5 Å². The molecule has 0 spiro atoms. The number of rotatable bonds is 3. The molecule has 2 fully saturated rings. The third-order valence-electron chi connectivity index (χ3n) is 7.99. The Balaban J connectivity index is 1.69. The third kappa shape index (κ3) is 3.22. The monoisotopic (exact) mass is 453 g/mol. The van der Waals surface area contributed by atoms with Gasteiger partial charge in [0, 0.05) is 54.2 Å². The number of aryl methyl sites for hydroxylation is 1. The van der Waals surface area contributed by atoms with Gasteiger partial charge in [-0.05, 0) is 56.1 Å². The van der Waals surface area contributed by atoms with Crippen LogP contribution in [0.15, 0.2) is 35.1 Å². The second kappa shape index (κ2) is 8.18. The van der Waals surface area contributed by atoms with Gasteiger partial charge in [-0.15, -0.1) is 0 Å². The van der Waals surface area contributed by atoms with Crippen molar-refractivity contribution >= 4 is 38.5 Å². The summed E-state index contributed by atoms with van der Waals surface area (Å²) >= 11 is 0. The van der Waals surface area contributed by atoms with E-state index in [4.69, 9.17) is 0 Å². The molecule has 6 heteroatoms. The van der Waals surface area contributed by atoms with Crippen LogP contribution in [0, 0.1) is 11.3 Å². The summed E-state index contributed by atoms with van der Waals surface area (Å²) in [6, 6.07) is 12.7. The highest BCUT2D eigenvalue weighted by molar-refractivity contribution is 6.10. The molecule has 0 amide bonds. The Labute approximate surface area is 199 Å². The van der Waals surface area contributed by atoms with E-state index >= 15 is 0 Å². The first-order valence-corrected chi connectivity index (χ1v) is 12.6. The van der Waals surface area contributed by atoms with E-state index in [2.05, 4.69) is 51.5 Å². The summed E-state index contributed by atoms with van der Waals surface area (Å²) in [4.78, 5) is 22.4. The molecule has 2 aromatic heterocycles. The summed E-state index contributed by atoms with van der Waals surface area (Å²) in [7, 11) is 2.18. The molecule has 1 aliphatic carbocycles. The lowest BCUT2D eigenvalue weighted by Crippen LogP contribution is -2.44. The molecule has 2 aromatic carbocycles. The quantitative estimate of drug-likeness (QED) is 0.477. The Hall–Kier alpha value is -3.30. The van der Waals surface area contributed by atoms with Crippen molar-refractivity contribution in [3.8, 4) is 6.07 Å². The number of aromatic amines is 1. The van der Waals surface area contributed by atoms with Gasteiger partial charge in [-0.1, -0.05) is 25.8 Å². The summed E-state index contributed by atoms with van der Waals surface area (Å²) < 4.78 is 2.42. The average molecular weight is 454 g/mol. The zero-order valence-electron chi connectivity index (χ0n) is 20.0. The number of nitrogens with one attached hydrogen (secondary N) is 1. The molecule has 1 saturated heterocycles. The van der Waals surface area contributed by atoms with Gasteiger partial charge < -0.3 is 19.4 Å². The smallest absolute Gasteiger partial charge is 0.199 e. The summed E-state index contributed by atoms with van der Waals surface area (Å²) in [5, 5.41) is 11.9.